The Morgan fingerprint density at radius 1 is 1.24 bits per heavy atom. The number of thiocarbonyl (C=S) groups is 1. The molecule has 7 heteroatoms. The Bertz CT molecular complexity index is 1160. The fraction of sp³-hybridized carbons (Fsp3) is 0.182. The smallest absolute Gasteiger partial charge is 0.265 e. The highest BCUT2D eigenvalue weighted by Crippen LogP contribution is 2.35. The molecule has 0 atom stereocenters. The highest BCUT2D eigenvalue weighted by Gasteiger charge is 2.29. The van der Waals surface area contributed by atoms with Gasteiger partial charge in [-0.05, 0) is 30.2 Å². The predicted octanol–water partition coefficient (Wildman–Crippen LogP) is 5.88. The number of aromatic nitrogens is 1. The largest absolute Gasteiger partial charge is 0.342 e. The third-order valence-corrected chi connectivity index (χ3v) is 6.90. The lowest BCUT2D eigenvalue weighted by atomic mass is 10.1. The summed E-state index contributed by atoms with van der Waals surface area (Å²) in [6, 6.07) is 10.8. The summed E-state index contributed by atoms with van der Waals surface area (Å²) in [4.78, 5) is 14.5. The molecule has 29 heavy (non-hydrogen) atoms. The number of halogens is 2. The summed E-state index contributed by atoms with van der Waals surface area (Å²) >= 11 is 12.8. The summed E-state index contributed by atoms with van der Waals surface area (Å²) in [5, 5.41) is 1.41. The molecule has 3 nitrogen and oxygen atoms in total. The van der Waals surface area contributed by atoms with Gasteiger partial charge in [0.2, 0.25) is 0 Å². The fourth-order valence-corrected chi connectivity index (χ4v) is 4.92. The minimum absolute atomic E-state index is 0.107. The third kappa shape index (κ3) is 3.61. The molecule has 3 aromatic rings. The molecule has 1 aliphatic rings. The molecule has 1 saturated heterocycles. The van der Waals surface area contributed by atoms with Crippen LogP contribution in [0.25, 0.3) is 17.0 Å². The molecule has 4 rings (SSSR count). The van der Waals surface area contributed by atoms with Crippen molar-refractivity contribution in [1.29, 1.82) is 0 Å². The van der Waals surface area contributed by atoms with E-state index in [1.807, 2.05) is 29.0 Å². The SMILES string of the molecule is CCc1cccc2c(/C=C3\SC(=S)N(C)C3=O)cn(Cc3c(F)cccc3Cl)c12. The van der Waals surface area contributed by atoms with Crippen molar-refractivity contribution in [3.8, 4) is 0 Å². The maximum Gasteiger partial charge on any atom is 0.265 e. The lowest BCUT2D eigenvalue weighted by Crippen LogP contribution is -2.22. The monoisotopic (exact) mass is 444 g/mol. The zero-order valence-electron chi connectivity index (χ0n) is 15.9. The molecular formula is C22H18ClFN2OS2. The molecule has 0 N–H and O–H groups in total. The summed E-state index contributed by atoms with van der Waals surface area (Å²) in [6.07, 6.45) is 4.65. The number of carbonyl (C=O) groups excluding carboxylic acids is 1. The van der Waals surface area contributed by atoms with Crippen LogP contribution < -0.4 is 0 Å². The van der Waals surface area contributed by atoms with Gasteiger partial charge in [-0.2, -0.15) is 0 Å². The van der Waals surface area contributed by atoms with Crippen molar-refractivity contribution < 1.29 is 9.18 Å². The predicted molar refractivity (Wildman–Crippen MR) is 123 cm³/mol. The molecule has 1 amide bonds. The van der Waals surface area contributed by atoms with E-state index in [0.29, 0.717) is 26.4 Å². The summed E-state index contributed by atoms with van der Waals surface area (Å²) in [5.74, 6) is -0.438. The van der Waals surface area contributed by atoms with E-state index < -0.39 is 0 Å². The van der Waals surface area contributed by atoms with Gasteiger partial charge in [-0.15, -0.1) is 0 Å². The van der Waals surface area contributed by atoms with Gasteiger partial charge in [0.05, 0.1) is 17.0 Å². The van der Waals surface area contributed by atoms with Crippen LogP contribution in [0.4, 0.5) is 4.39 Å². The number of amides is 1. The second-order valence-electron chi connectivity index (χ2n) is 6.82. The van der Waals surface area contributed by atoms with E-state index in [2.05, 4.69) is 13.0 Å². The van der Waals surface area contributed by atoms with E-state index >= 15 is 0 Å². The molecule has 0 unspecified atom stereocenters. The normalized spacial score (nSPS) is 15.9. The highest BCUT2D eigenvalue weighted by atomic mass is 35.5. The topological polar surface area (TPSA) is 25.2 Å². The maximum absolute atomic E-state index is 14.4. The lowest BCUT2D eigenvalue weighted by molar-refractivity contribution is -0.121. The number of likely N-dealkylation sites (N-methyl/N-ethyl adjacent to an activating group) is 1. The molecule has 0 aliphatic carbocycles. The number of benzene rings is 2. The van der Waals surface area contributed by atoms with Crippen LogP contribution >= 0.6 is 35.6 Å². The quantitative estimate of drug-likeness (QED) is 0.371. The summed E-state index contributed by atoms with van der Waals surface area (Å²) < 4.78 is 17.0. The van der Waals surface area contributed by atoms with Crippen molar-refractivity contribution in [1.82, 2.24) is 9.47 Å². The van der Waals surface area contributed by atoms with Gasteiger partial charge in [-0.3, -0.25) is 9.69 Å². The van der Waals surface area contributed by atoms with Gasteiger partial charge in [0.15, 0.2) is 0 Å². The average Bonchev–Trinajstić information content (AvgIpc) is 3.17. The van der Waals surface area contributed by atoms with E-state index in [9.17, 15) is 9.18 Å². The molecule has 0 radical (unpaired) electrons. The molecule has 0 saturated carbocycles. The van der Waals surface area contributed by atoms with Crippen molar-refractivity contribution in [3.63, 3.8) is 0 Å². The van der Waals surface area contributed by atoms with Crippen molar-refractivity contribution in [2.75, 3.05) is 7.05 Å². The van der Waals surface area contributed by atoms with E-state index in [0.717, 1.165) is 28.5 Å². The van der Waals surface area contributed by atoms with Crippen molar-refractivity contribution in [2.45, 2.75) is 19.9 Å². The zero-order chi connectivity index (χ0) is 20.7. The van der Waals surface area contributed by atoms with E-state index in [4.69, 9.17) is 23.8 Å². The molecule has 1 aliphatic heterocycles. The number of fused-ring (bicyclic) bond motifs is 1. The van der Waals surface area contributed by atoms with E-state index in [1.54, 1.807) is 19.2 Å². The Balaban J connectivity index is 1.88. The van der Waals surface area contributed by atoms with Crippen LogP contribution in [0.1, 0.15) is 23.6 Å². The zero-order valence-corrected chi connectivity index (χ0v) is 18.3. The number of nitrogens with zero attached hydrogens (tertiary/aromatic N) is 2. The van der Waals surface area contributed by atoms with Gasteiger partial charge in [0.1, 0.15) is 10.1 Å². The van der Waals surface area contributed by atoms with Gasteiger partial charge in [-0.1, -0.05) is 66.8 Å². The van der Waals surface area contributed by atoms with Crippen LogP contribution in [0.5, 0.6) is 0 Å². The molecule has 0 spiro atoms. The lowest BCUT2D eigenvalue weighted by Gasteiger charge is -2.11. The molecule has 2 heterocycles. The number of thioether (sulfide) groups is 1. The highest BCUT2D eigenvalue weighted by molar-refractivity contribution is 8.26. The molecule has 2 aromatic carbocycles. The Labute approximate surface area is 183 Å². The minimum Gasteiger partial charge on any atom is -0.342 e. The first-order valence-electron chi connectivity index (χ1n) is 9.16. The summed E-state index contributed by atoms with van der Waals surface area (Å²) in [7, 11) is 1.68. The van der Waals surface area contributed by atoms with E-state index in [1.165, 1.54) is 22.7 Å². The van der Waals surface area contributed by atoms with Crippen molar-refractivity contribution in [2.24, 2.45) is 0 Å². The Kier molecular flexibility index (Phi) is 5.51. The number of carbonyl (C=O) groups is 1. The van der Waals surface area contributed by atoms with Crippen LogP contribution in [0.15, 0.2) is 47.5 Å². The average molecular weight is 445 g/mol. The molecule has 148 valence electrons. The van der Waals surface area contributed by atoms with Crippen LogP contribution in [0.3, 0.4) is 0 Å². The van der Waals surface area contributed by atoms with Crippen molar-refractivity contribution in [3.05, 3.63) is 75.0 Å². The van der Waals surface area contributed by atoms with Crippen LogP contribution in [-0.2, 0) is 17.8 Å². The fourth-order valence-electron chi connectivity index (χ4n) is 3.53. The van der Waals surface area contributed by atoms with Gasteiger partial charge in [-0.25, -0.2) is 4.39 Å². The van der Waals surface area contributed by atoms with Crippen LogP contribution in [0, 0.1) is 5.82 Å². The van der Waals surface area contributed by atoms with Gasteiger partial charge in [0, 0.05) is 34.8 Å². The Morgan fingerprint density at radius 2 is 2.00 bits per heavy atom. The Hall–Kier alpha value is -2.15. The van der Waals surface area contributed by atoms with Gasteiger partial charge < -0.3 is 4.57 Å². The second-order valence-corrected chi connectivity index (χ2v) is 8.90. The van der Waals surface area contributed by atoms with Crippen LogP contribution in [-0.4, -0.2) is 26.7 Å². The molecule has 0 bridgehead atoms. The number of hydrogen-bond donors (Lipinski definition) is 0. The molecular weight excluding hydrogens is 427 g/mol. The number of para-hydroxylation sites is 1. The summed E-state index contributed by atoms with van der Waals surface area (Å²) in [5.41, 5.74) is 3.52. The summed E-state index contributed by atoms with van der Waals surface area (Å²) in [6.45, 7) is 2.39. The van der Waals surface area contributed by atoms with Crippen molar-refractivity contribution >= 4 is 62.8 Å². The number of hydrogen-bond acceptors (Lipinski definition) is 3. The minimum atomic E-state index is -0.332. The molecule has 1 aromatic heterocycles. The Morgan fingerprint density at radius 3 is 2.66 bits per heavy atom. The molecule has 1 fully saturated rings. The first kappa shape index (κ1) is 20.1. The first-order valence-corrected chi connectivity index (χ1v) is 10.8. The second kappa shape index (κ2) is 7.94. The number of rotatable bonds is 4. The third-order valence-electron chi connectivity index (χ3n) is 5.06. The number of aryl methyl sites for hydroxylation is 1. The van der Waals surface area contributed by atoms with Gasteiger partial charge in [0.25, 0.3) is 5.91 Å². The maximum atomic E-state index is 14.4. The van der Waals surface area contributed by atoms with Gasteiger partial charge >= 0.3 is 0 Å². The van der Waals surface area contributed by atoms with Crippen LogP contribution in [0.2, 0.25) is 5.02 Å². The van der Waals surface area contributed by atoms with E-state index in [-0.39, 0.29) is 11.7 Å². The standard InChI is InChI=1S/C22H18ClFN2OS2/c1-3-13-6-4-7-15-14(10-19-21(27)25(2)22(28)29-19)11-26(20(13)15)12-16-17(23)8-5-9-18(16)24/h4-11H,3,12H2,1-2H3/b19-10-. The first-order chi connectivity index (χ1) is 13.9.